The molecule has 9 nitrogen and oxygen atoms in total. The van der Waals surface area contributed by atoms with Crippen LogP contribution in [0.4, 0.5) is 10.5 Å². The summed E-state index contributed by atoms with van der Waals surface area (Å²) < 4.78 is 5.92. The summed E-state index contributed by atoms with van der Waals surface area (Å²) in [5.41, 5.74) is 1.20. The number of piperazine rings is 1. The van der Waals surface area contributed by atoms with Crippen LogP contribution in [0.15, 0.2) is 12.3 Å². The average Bonchev–Trinajstić information content (AvgIpc) is 3.42. The number of urea groups is 1. The fourth-order valence-electron chi connectivity index (χ4n) is 6.53. The molecule has 1 aliphatic carbocycles. The summed E-state index contributed by atoms with van der Waals surface area (Å²) in [6, 6.07) is 1.91. The molecule has 9 heteroatoms. The maximum absolute atomic E-state index is 13.8. The minimum absolute atomic E-state index is 0.155. The number of hydrogen-bond donors (Lipinski definition) is 0. The van der Waals surface area contributed by atoms with Crippen LogP contribution in [-0.4, -0.2) is 70.2 Å². The van der Waals surface area contributed by atoms with E-state index in [-0.39, 0.29) is 28.2 Å². The highest BCUT2D eigenvalue weighted by Crippen LogP contribution is 2.44. The first-order chi connectivity index (χ1) is 16.2. The lowest BCUT2D eigenvalue weighted by molar-refractivity contribution is -0.853. The molecule has 3 saturated heterocycles. The van der Waals surface area contributed by atoms with Gasteiger partial charge in [-0.2, -0.15) is 10.2 Å². The molecule has 1 aromatic heterocycles. The maximum atomic E-state index is 13.8. The van der Waals surface area contributed by atoms with E-state index < -0.39 is 18.1 Å². The summed E-state index contributed by atoms with van der Waals surface area (Å²) in [6.07, 6.45) is 4.24. The van der Waals surface area contributed by atoms with Gasteiger partial charge < -0.3 is 4.74 Å². The van der Waals surface area contributed by atoms with Gasteiger partial charge in [-0.15, -0.1) is 0 Å². The van der Waals surface area contributed by atoms with E-state index >= 15 is 0 Å². The van der Waals surface area contributed by atoms with Crippen LogP contribution in [0, 0.1) is 36.0 Å². The molecule has 1 aromatic rings. The molecule has 180 valence electrons. The van der Waals surface area contributed by atoms with Crippen LogP contribution < -0.4 is 4.90 Å². The zero-order chi connectivity index (χ0) is 24.4. The van der Waals surface area contributed by atoms with E-state index in [1.165, 1.54) is 6.20 Å². The normalized spacial score (nSPS) is 36.6. The number of pyridine rings is 1. The highest BCUT2D eigenvalue weighted by molar-refractivity contribution is 6.18. The smallest absolute Gasteiger partial charge is 0.433 e. The lowest BCUT2D eigenvalue weighted by Gasteiger charge is -2.38. The average molecular weight is 467 g/mol. The number of carbonyl (C=O) groups is 3. The first-order valence-corrected chi connectivity index (χ1v) is 12.2. The van der Waals surface area contributed by atoms with E-state index in [0.717, 1.165) is 24.2 Å². The Morgan fingerprint density at radius 2 is 2.06 bits per heavy atom. The number of amides is 3. The summed E-state index contributed by atoms with van der Waals surface area (Å²) in [4.78, 5) is 48.1. The highest BCUT2D eigenvalue weighted by Gasteiger charge is 2.74. The Morgan fingerprint density at radius 3 is 2.74 bits per heavy atom. The predicted octanol–water partition coefficient (Wildman–Crippen LogP) is 2.57. The van der Waals surface area contributed by atoms with E-state index in [0.29, 0.717) is 48.8 Å². The standard InChI is InChI=1S/C25H32N5O4/c1-14(2)18-6-5-15(3)7-22(18)34-24(32)21-12-28-11-20-23(31)29(25(33)30(20,21)13-28)17-8-16(4)19(9-26)27-10-17/h8,10,14-15,18,20-22H,5-7,11-13H2,1-4H3/q+1/t15-,18+,20?,21?,22-,30?/m1/s1. The minimum atomic E-state index is -0.710. The summed E-state index contributed by atoms with van der Waals surface area (Å²) in [5, 5.41) is 9.17. The van der Waals surface area contributed by atoms with Crippen molar-refractivity contribution < 1.29 is 23.6 Å². The molecule has 4 heterocycles. The molecule has 0 aromatic carbocycles. The molecule has 2 bridgehead atoms. The second-order valence-electron chi connectivity index (χ2n) is 10.9. The molecule has 0 N–H and O–H groups in total. The Morgan fingerprint density at radius 1 is 1.29 bits per heavy atom. The van der Waals surface area contributed by atoms with Gasteiger partial charge in [0.25, 0.3) is 5.91 Å². The number of aryl methyl sites for hydroxylation is 1. The molecule has 7 atom stereocenters. The number of imide groups is 1. The van der Waals surface area contributed by atoms with Crippen molar-refractivity contribution in [2.45, 2.75) is 65.1 Å². The van der Waals surface area contributed by atoms with Crippen LogP contribution in [0.3, 0.4) is 0 Å². The Kier molecular flexibility index (Phi) is 5.49. The van der Waals surface area contributed by atoms with E-state index in [9.17, 15) is 19.6 Å². The van der Waals surface area contributed by atoms with Crippen molar-refractivity contribution in [3.05, 3.63) is 23.5 Å². The summed E-state index contributed by atoms with van der Waals surface area (Å²) in [7, 11) is 0. The van der Waals surface area contributed by atoms with Gasteiger partial charge in [-0.05, 0) is 49.1 Å². The zero-order valence-corrected chi connectivity index (χ0v) is 20.2. The van der Waals surface area contributed by atoms with Gasteiger partial charge in [0, 0.05) is 0 Å². The monoisotopic (exact) mass is 466 g/mol. The van der Waals surface area contributed by atoms with Crippen molar-refractivity contribution >= 4 is 23.6 Å². The third kappa shape index (κ3) is 3.27. The van der Waals surface area contributed by atoms with Crippen molar-refractivity contribution in [3.63, 3.8) is 0 Å². The van der Waals surface area contributed by atoms with Crippen molar-refractivity contribution in [1.29, 1.82) is 5.26 Å². The number of carbonyl (C=O) groups excluding carboxylic acids is 3. The summed E-state index contributed by atoms with van der Waals surface area (Å²) in [5.74, 6) is 0.530. The molecule has 3 amide bonds. The van der Waals surface area contributed by atoms with Gasteiger partial charge in [0.1, 0.15) is 24.5 Å². The van der Waals surface area contributed by atoms with Gasteiger partial charge in [0.05, 0.1) is 25.0 Å². The van der Waals surface area contributed by atoms with Crippen LogP contribution in [0.1, 0.15) is 51.3 Å². The number of hydrogen-bond acceptors (Lipinski definition) is 7. The number of nitriles is 1. The van der Waals surface area contributed by atoms with Crippen LogP contribution in [0.5, 0.6) is 0 Å². The second kappa shape index (κ2) is 8.14. The fraction of sp³-hybridized carbons (Fsp3) is 0.640. The summed E-state index contributed by atoms with van der Waals surface area (Å²) >= 11 is 0. The van der Waals surface area contributed by atoms with Crippen LogP contribution in [0.2, 0.25) is 0 Å². The number of aromatic nitrogens is 1. The van der Waals surface area contributed by atoms with Gasteiger partial charge in [-0.1, -0.05) is 27.2 Å². The van der Waals surface area contributed by atoms with Crippen molar-refractivity contribution in [1.82, 2.24) is 9.88 Å². The van der Waals surface area contributed by atoms with E-state index in [1.54, 1.807) is 13.0 Å². The van der Waals surface area contributed by atoms with Gasteiger partial charge in [0.15, 0.2) is 6.04 Å². The van der Waals surface area contributed by atoms with Crippen LogP contribution in [-0.2, 0) is 14.3 Å². The predicted molar refractivity (Wildman–Crippen MR) is 122 cm³/mol. The van der Waals surface area contributed by atoms with Crippen molar-refractivity contribution in [3.8, 4) is 6.07 Å². The lowest BCUT2D eigenvalue weighted by Crippen LogP contribution is -2.63. The van der Waals surface area contributed by atoms with Gasteiger partial charge in [-0.3, -0.25) is 4.79 Å². The van der Waals surface area contributed by atoms with Gasteiger partial charge >= 0.3 is 12.0 Å². The fourth-order valence-corrected chi connectivity index (χ4v) is 6.53. The van der Waals surface area contributed by atoms with Crippen LogP contribution in [0.25, 0.3) is 0 Å². The summed E-state index contributed by atoms with van der Waals surface area (Å²) in [6.45, 7) is 9.45. The second-order valence-corrected chi connectivity index (χ2v) is 10.9. The van der Waals surface area contributed by atoms with Gasteiger partial charge in [0.2, 0.25) is 6.04 Å². The molecule has 3 aliphatic heterocycles. The van der Waals surface area contributed by atoms with Gasteiger partial charge in [-0.25, -0.2) is 24.0 Å². The third-order valence-electron chi connectivity index (χ3n) is 8.39. The Balaban J connectivity index is 1.43. The molecule has 1 saturated carbocycles. The molecule has 4 fully saturated rings. The Labute approximate surface area is 199 Å². The quantitative estimate of drug-likeness (QED) is 0.382. The molecule has 3 unspecified atom stereocenters. The molecule has 34 heavy (non-hydrogen) atoms. The number of fused-ring (bicyclic) bond motifs is 1. The number of quaternary nitrogens is 1. The van der Waals surface area contributed by atoms with Crippen molar-refractivity contribution in [2.24, 2.45) is 17.8 Å². The number of esters is 1. The Hall–Kier alpha value is -2.83. The van der Waals surface area contributed by atoms with E-state index in [2.05, 4.69) is 25.8 Å². The molecular weight excluding hydrogens is 434 g/mol. The maximum Gasteiger partial charge on any atom is 0.433 e. The number of anilines is 1. The number of rotatable bonds is 4. The molecule has 4 aliphatic rings. The largest absolute Gasteiger partial charge is 0.458 e. The Bertz CT molecular complexity index is 1100. The van der Waals surface area contributed by atoms with Crippen molar-refractivity contribution in [2.75, 3.05) is 24.7 Å². The first kappa shape index (κ1) is 22.9. The molecule has 0 radical (unpaired) electrons. The first-order valence-electron chi connectivity index (χ1n) is 12.2. The SMILES string of the molecule is Cc1cc(N2C(=O)C3C[N@@]4CC(C(=O)O[C@@H]5C[C@H](C)CC[C@H]5C(C)C)[N+]3(C4)C2=O)cnc1C#N. The number of nitrogens with zero attached hydrogens (tertiary/aromatic N) is 5. The van der Waals surface area contributed by atoms with Crippen LogP contribution >= 0.6 is 0 Å². The van der Waals surface area contributed by atoms with E-state index in [4.69, 9.17) is 4.74 Å². The number of ether oxygens (including phenoxy) is 1. The molecular formula is C25H32N5O4+. The zero-order valence-electron chi connectivity index (χ0n) is 20.2. The minimum Gasteiger partial charge on any atom is -0.458 e. The highest BCUT2D eigenvalue weighted by atomic mass is 16.5. The van der Waals surface area contributed by atoms with E-state index in [1.807, 2.05) is 11.0 Å². The topological polar surface area (TPSA) is 104 Å². The molecule has 5 rings (SSSR count). The third-order valence-corrected chi connectivity index (χ3v) is 8.39. The molecule has 1 spiro atoms. The lowest BCUT2D eigenvalue weighted by atomic mass is 9.75.